The van der Waals surface area contributed by atoms with Gasteiger partial charge in [0, 0.05) is 18.3 Å². The highest BCUT2D eigenvalue weighted by Gasteiger charge is 1.95. The van der Waals surface area contributed by atoms with E-state index in [9.17, 15) is 0 Å². The van der Waals surface area contributed by atoms with E-state index < -0.39 is 0 Å². The van der Waals surface area contributed by atoms with Gasteiger partial charge in [-0.15, -0.1) is 0 Å². The SMILES string of the molecule is [CH2]Cn1ccc2ccccc21. The molecule has 0 spiro atoms. The van der Waals surface area contributed by atoms with Crippen LogP contribution in [-0.4, -0.2) is 4.57 Å². The molecule has 1 heteroatoms. The second-order valence-corrected chi connectivity index (χ2v) is 2.57. The molecule has 1 nitrogen and oxygen atoms in total. The summed E-state index contributed by atoms with van der Waals surface area (Å²) < 4.78 is 2.13. The molecule has 2 rings (SSSR count). The van der Waals surface area contributed by atoms with Crippen LogP contribution in [0.4, 0.5) is 0 Å². The highest BCUT2D eigenvalue weighted by molar-refractivity contribution is 5.79. The van der Waals surface area contributed by atoms with Gasteiger partial charge < -0.3 is 4.57 Å². The van der Waals surface area contributed by atoms with Crippen molar-refractivity contribution in [1.29, 1.82) is 0 Å². The molecule has 0 bridgehead atoms. The van der Waals surface area contributed by atoms with E-state index in [2.05, 4.69) is 48.0 Å². The number of fused-ring (bicyclic) bond motifs is 1. The summed E-state index contributed by atoms with van der Waals surface area (Å²) in [6.07, 6.45) is 2.07. The monoisotopic (exact) mass is 144 g/mol. The van der Waals surface area contributed by atoms with E-state index in [1.807, 2.05) is 0 Å². The maximum Gasteiger partial charge on any atom is 0.0480 e. The van der Waals surface area contributed by atoms with Crippen LogP contribution < -0.4 is 0 Å². The fourth-order valence-corrected chi connectivity index (χ4v) is 1.34. The average molecular weight is 144 g/mol. The van der Waals surface area contributed by atoms with E-state index in [0.717, 1.165) is 6.54 Å². The highest BCUT2D eigenvalue weighted by Crippen LogP contribution is 2.14. The molecule has 0 aliphatic heterocycles. The molecule has 11 heavy (non-hydrogen) atoms. The normalized spacial score (nSPS) is 10.6. The molecule has 0 N–H and O–H groups in total. The Balaban J connectivity index is 2.76. The molecule has 0 atom stereocenters. The Morgan fingerprint density at radius 2 is 2.00 bits per heavy atom. The van der Waals surface area contributed by atoms with Gasteiger partial charge in [-0.1, -0.05) is 18.2 Å². The minimum atomic E-state index is 0.799. The number of rotatable bonds is 1. The topological polar surface area (TPSA) is 4.93 Å². The number of nitrogens with zero attached hydrogens (tertiary/aromatic N) is 1. The van der Waals surface area contributed by atoms with Gasteiger partial charge in [-0.05, 0) is 24.4 Å². The number of hydrogen-bond acceptors (Lipinski definition) is 0. The van der Waals surface area contributed by atoms with Gasteiger partial charge in [-0.2, -0.15) is 0 Å². The summed E-state index contributed by atoms with van der Waals surface area (Å²) >= 11 is 0. The van der Waals surface area contributed by atoms with Crippen molar-refractivity contribution in [2.45, 2.75) is 6.54 Å². The lowest BCUT2D eigenvalue weighted by Crippen LogP contribution is -1.89. The molecule has 0 aliphatic carbocycles. The molecular formula is C10H10N. The molecule has 0 unspecified atom stereocenters. The Hall–Kier alpha value is -1.24. The van der Waals surface area contributed by atoms with Crippen molar-refractivity contribution in [2.24, 2.45) is 0 Å². The van der Waals surface area contributed by atoms with Crippen LogP contribution in [0.25, 0.3) is 10.9 Å². The molecule has 1 aromatic carbocycles. The number of aromatic nitrogens is 1. The summed E-state index contributed by atoms with van der Waals surface area (Å²) in [5.41, 5.74) is 1.27. The lowest BCUT2D eigenvalue weighted by Gasteiger charge is -1.97. The molecule has 2 aromatic rings. The second-order valence-electron chi connectivity index (χ2n) is 2.57. The van der Waals surface area contributed by atoms with Crippen LogP contribution in [0.15, 0.2) is 36.5 Å². The van der Waals surface area contributed by atoms with Crippen molar-refractivity contribution in [3.8, 4) is 0 Å². The third kappa shape index (κ3) is 0.929. The summed E-state index contributed by atoms with van der Waals surface area (Å²) in [6, 6.07) is 10.4. The maximum atomic E-state index is 3.84. The van der Waals surface area contributed by atoms with E-state index in [-0.39, 0.29) is 0 Å². The third-order valence-electron chi connectivity index (χ3n) is 1.92. The minimum absolute atomic E-state index is 0.799. The van der Waals surface area contributed by atoms with Gasteiger partial charge in [-0.25, -0.2) is 0 Å². The number of benzene rings is 1. The van der Waals surface area contributed by atoms with Gasteiger partial charge in [0.1, 0.15) is 0 Å². The zero-order valence-corrected chi connectivity index (χ0v) is 6.33. The minimum Gasteiger partial charge on any atom is -0.347 e. The standard InChI is InChI=1S/C10H10N/c1-2-11-8-7-9-5-3-4-6-10(9)11/h3-8H,1-2H2. The van der Waals surface area contributed by atoms with Gasteiger partial charge >= 0.3 is 0 Å². The second kappa shape index (κ2) is 2.42. The first-order chi connectivity index (χ1) is 5.42. The van der Waals surface area contributed by atoms with E-state index in [1.54, 1.807) is 0 Å². The molecule has 0 amide bonds. The lowest BCUT2D eigenvalue weighted by molar-refractivity contribution is 0.861. The molecule has 0 aliphatic rings. The van der Waals surface area contributed by atoms with E-state index in [0.29, 0.717) is 0 Å². The predicted octanol–water partition coefficient (Wildman–Crippen LogP) is 2.48. The molecule has 1 radical (unpaired) electrons. The predicted molar refractivity (Wildman–Crippen MR) is 47.3 cm³/mol. The zero-order chi connectivity index (χ0) is 7.68. The third-order valence-corrected chi connectivity index (χ3v) is 1.92. The Morgan fingerprint density at radius 3 is 2.82 bits per heavy atom. The van der Waals surface area contributed by atoms with Crippen LogP contribution in [0.2, 0.25) is 0 Å². The quantitative estimate of drug-likeness (QED) is 0.579. The van der Waals surface area contributed by atoms with Crippen LogP contribution in [0.1, 0.15) is 0 Å². The first kappa shape index (κ1) is 6.47. The van der Waals surface area contributed by atoms with Crippen LogP contribution in [0, 0.1) is 6.92 Å². The van der Waals surface area contributed by atoms with Crippen molar-refractivity contribution in [3.63, 3.8) is 0 Å². The maximum absolute atomic E-state index is 3.84. The van der Waals surface area contributed by atoms with Gasteiger partial charge in [0.15, 0.2) is 0 Å². The van der Waals surface area contributed by atoms with E-state index in [4.69, 9.17) is 0 Å². The lowest BCUT2D eigenvalue weighted by atomic mass is 10.2. The van der Waals surface area contributed by atoms with Gasteiger partial charge in [0.05, 0.1) is 0 Å². The number of para-hydroxylation sites is 1. The molecule has 0 fully saturated rings. The molecular weight excluding hydrogens is 134 g/mol. The molecule has 0 saturated carbocycles. The van der Waals surface area contributed by atoms with Crippen molar-refractivity contribution >= 4 is 10.9 Å². The summed E-state index contributed by atoms with van der Waals surface area (Å²) in [6.45, 7) is 4.64. The van der Waals surface area contributed by atoms with Crippen molar-refractivity contribution in [3.05, 3.63) is 43.5 Å². The van der Waals surface area contributed by atoms with Crippen LogP contribution in [0.5, 0.6) is 0 Å². The zero-order valence-electron chi connectivity index (χ0n) is 6.33. The first-order valence-corrected chi connectivity index (χ1v) is 3.75. The molecule has 1 aromatic heterocycles. The Kier molecular flexibility index (Phi) is 1.42. The molecule has 1 heterocycles. The van der Waals surface area contributed by atoms with Crippen molar-refractivity contribution < 1.29 is 0 Å². The average Bonchev–Trinajstić information content (AvgIpc) is 2.47. The Bertz CT molecular complexity index is 360. The Labute approximate surface area is 66.3 Å². The van der Waals surface area contributed by atoms with Crippen molar-refractivity contribution in [2.75, 3.05) is 0 Å². The van der Waals surface area contributed by atoms with Crippen LogP contribution >= 0.6 is 0 Å². The molecule has 55 valence electrons. The Morgan fingerprint density at radius 1 is 1.18 bits per heavy atom. The van der Waals surface area contributed by atoms with E-state index in [1.165, 1.54) is 10.9 Å². The fourth-order valence-electron chi connectivity index (χ4n) is 1.34. The van der Waals surface area contributed by atoms with Gasteiger partial charge in [0.2, 0.25) is 0 Å². The fraction of sp³-hybridized carbons (Fsp3) is 0.100. The molecule has 0 saturated heterocycles. The smallest absolute Gasteiger partial charge is 0.0480 e. The largest absolute Gasteiger partial charge is 0.347 e. The van der Waals surface area contributed by atoms with Gasteiger partial charge in [-0.3, -0.25) is 0 Å². The van der Waals surface area contributed by atoms with Crippen molar-refractivity contribution in [1.82, 2.24) is 4.57 Å². The van der Waals surface area contributed by atoms with E-state index >= 15 is 0 Å². The van der Waals surface area contributed by atoms with Gasteiger partial charge in [0.25, 0.3) is 0 Å². The summed E-state index contributed by atoms with van der Waals surface area (Å²) in [5.74, 6) is 0. The van der Waals surface area contributed by atoms with Crippen LogP contribution in [0.3, 0.4) is 0 Å². The summed E-state index contributed by atoms with van der Waals surface area (Å²) in [4.78, 5) is 0. The first-order valence-electron chi connectivity index (χ1n) is 3.75. The summed E-state index contributed by atoms with van der Waals surface area (Å²) in [5, 5.41) is 1.29. The highest BCUT2D eigenvalue weighted by atomic mass is 14.9. The summed E-state index contributed by atoms with van der Waals surface area (Å²) in [7, 11) is 0. The van der Waals surface area contributed by atoms with Crippen LogP contribution in [-0.2, 0) is 6.54 Å². The number of hydrogen-bond donors (Lipinski definition) is 0.